The number of Topliss-reactive ketones (excluding diaryl/α,β-unsaturated/α-hetero) is 1. The van der Waals surface area contributed by atoms with Gasteiger partial charge in [0.05, 0.1) is 25.6 Å². The van der Waals surface area contributed by atoms with Crippen LogP contribution in [0.25, 0.3) is 6.08 Å². The average Bonchev–Trinajstić information content (AvgIpc) is 3.25. The van der Waals surface area contributed by atoms with E-state index in [4.69, 9.17) is 9.47 Å². The Hall–Kier alpha value is -3.96. The molecule has 0 aliphatic rings. The van der Waals surface area contributed by atoms with Crippen LogP contribution in [-0.4, -0.2) is 30.9 Å². The fraction of sp³-hybridized carbons (Fsp3) is 0.130. The molecule has 0 N–H and O–H groups in total. The van der Waals surface area contributed by atoms with Crippen molar-refractivity contribution in [2.75, 3.05) is 19.1 Å². The normalized spacial score (nSPS) is 10.8. The van der Waals surface area contributed by atoms with Crippen LogP contribution in [0.5, 0.6) is 11.5 Å². The van der Waals surface area contributed by atoms with Gasteiger partial charge < -0.3 is 9.47 Å². The zero-order valence-electron chi connectivity index (χ0n) is 17.2. The minimum atomic E-state index is -0.436. The highest BCUT2D eigenvalue weighted by Gasteiger charge is 2.19. The molecule has 0 radical (unpaired) electrons. The van der Waals surface area contributed by atoms with Gasteiger partial charge >= 0.3 is 0 Å². The number of methoxy groups -OCH3 is 2. The van der Waals surface area contributed by atoms with E-state index in [1.807, 2.05) is 6.07 Å². The van der Waals surface area contributed by atoms with Crippen molar-refractivity contribution in [3.63, 3.8) is 0 Å². The number of ether oxygens (including phenoxy) is 2. The van der Waals surface area contributed by atoms with E-state index in [-0.39, 0.29) is 11.5 Å². The van der Waals surface area contributed by atoms with Crippen molar-refractivity contribution in [3.8, 4) is 17.6 Å². The molecule has 8 heteroatoms. The second kappa shape index (κ2) is 9.69. The van der Waals surface area contributed by atoms with Crippen LogP contribution in [0.15, 0.2) is 59.5 Å². The van der Waals surface area contributed by atoms with Crippen LogP contribution in [0.4, 0.5) is 10.8 Å². The van der Waals surface area contributed by atoms with E-state index in [1.54, 1.807) is 61.0 Å². The Bertz CT molecular complexity index is 1180. The quantitative estimate of drug-likeness (QED) is 0.306. The number of aromatic nitrogens is 1. The molecular weight excluding hydrogens is 414 g/mol. The van der Waals surface area contributed by atoms with Crippen molar-refractivity contribution in [1.29, 1.82) is 5.26 Å². The lowest BCUT2D eigenvalue weighted by molar-refractivity contribution is -0.115. The number of anilines is 2. The smallest absolute Gasteiger partial charge is 0.230 e. The highest BCUT2D eigenvalue weighted by Crippen LogP contribution is 2.31. The predicted octanol–water partition coefficient (Wildman–Crippen LogP) is 4.63. The summed E-state index contributed by atoms with van der Waals surface area (Å²) in [5.41, 5.74) is 1.31. The Morgan fingerprint density at radius 1 is 1.10 bits per heavy atom. The van der Waals surface area contributed by atoms with Crippen LogP contribution in [0.1, 0.15) is 23.0 Å². The first-order valence-electron chi connectivity index (χ1n) is 9.17. The van der Waals surface area contributed by atoms with Crippen LogP contribution < -0.4 is 14.4 Å². The van der Waals surface area contributed by atoms with Crippen molar-refractivity contribution in [3.05, 3.63) is 70.7 Å². The summed E-state index contributed by atoms with van der Waals surface area (Å²) >= 11 is 1.23. The molecule has 0 atom stereocenters. The number of nitrogens with zero attached hydrogens (tertiary/aromatic N) is 3. The molecule has 0 aliphatic carbocycles. The van der Waals surface area contributed by atoms with Gasteiger partial charge in [0.15, 0.2) is 5.13 Å². The first-order chi connectivity index (χ1) is 15.0. The Morgan fingerprint density at radius 2 is 1.81 bits per heavy atom. The number of carbonyl (C=O) groups excluding carboxylic acids is 2. The Kier molecular flexibility index (Phi) is 6.80. The molecule has 31 heavy (non-hydrogen) atoms. The van der Waals surface area contributed by atoms with Gasteiger partial charge in [-0.25, -0.2) is 4.98 Å². The van der Waals surface area contributed by atoms with Gasteiger partial charge in [0.2, 0.25) is 11.7 Å². The highest BCUT2D eigenvalue weighted by atomic mass is 32.1. The molecule has 0 fully saturated rings. The van der Waals surface area contributed by atoms with Crippen LogP contribution in [0.3, 0.4) is 0 Å². The number of hydrogen-bond acceptors (Lipinski definition) is 7. The van der Waals surface area contributed by atoms with Crippen LogP contribution in [0.2, 0.25) is 0 Å². The number of allylic oxidation sites excluding steroid dienone is 1. The molecule has 1 aromatic heterocycles. The molecule has 0 spiro atoms. The molecule has 7 nitrogen and oxygen atoms in total. The number of thiazole rings is 1. The molecule has 0 bridgehead atoms. The highest BCUT2D eigenvalue weighted by molar-refractivity contribution is 7.14. The summed E-state index contributed by atoms with van der Waals surface area (Å²) in [4.78, 5) is 30.9. The Morgan fingerprint density at radius 3 is 2.42 bits per heavy atom. The molecule has 0 aliphatic heterocycles. The Balaban J connectivity index is 1.91. The number of nitriles is 1. The van der Waals surface area contributed by atoms with Gasteiger partial charge in [0.1, 0.15) is 23.1 Å². The van der Waals surface area contributed by atoms with Gasteiger partial charge in [-0.3, -0.25) is 14.5 Å². The van der Waals surface area contributed by atoms with E-state index in [9.17, 15) is 14.9 Å². The predicted molar refractivity (Wildman–Crippen MR) is 119 cm³/mol. The largest absolute Gasteiger partial charge is 0.497 e. The van der Waals surface area contributed by atoms with E-state index in [2.05, 4.69) is 4.98 Å². The lowest BCUT2D eigenvalue weighted by Crippen LogP contribution is -2.22. The van der Waals surface area contributed by atoms with Crippen LogP contribution >= 0.6 is 11.3 Å². The maximum atomic E-state index is 12.7. The number of rotatable bonds is 7. The monoisotopic (exact) mass is 433 g/mol. The molecule has 0 unspecified atom stereocenters. The Labute approximate surface area is 183 Å². The second-order valence-corrected chi connectivity index (χ2v) is 7.17. The third-order valence-corrected chi connectivity index (χ3v) is 5.18. The van der Waals surface area contributed by atoms with Crippen LogP contribution in [0, 0.1) is 11.3 Å². The first kappa shape index (κ1) is 21.7. The lowest BCUT2D eigenvalue weighted by Gasteiger charge is -2.18. The third kappa shape index (κ3) is 4.97. The summed E-state index contributed by atoms with van der Waals surface area (Å²) in [6.45, 7) is 1.44. The van der Waals surface area contributed by atoms with Crippen molar-refractivity contribution in [2.24, 2.45) is 0 Å². The topological polar surface area (TPSA) is 92.5 Å². The van der Waals surface area contributed by atoms with Crippen molar-refractivity contribution in [1.82, 2.24) is 4.98 Å². The number of benzene rings is 2. The molecule has 0 saturated heterocycles. The number of carbonyl (C=O) groups is 2. The van der Waals surface area contributed by atoms with Gasteiger partial charge in [-0.15, -0.1) is 11.3 Å². The summed E-state index contributed by atoms with van der Waals surface area (Å²) in [5, 5.41) is 11.6. The fourth-order valence-corrected chi connectivity index (χ4v) is 3.66. The van der Waals surface area contributed by atoms with Crippen molar-refractivity contribution in [2.45, 2.75) is 6.92 Å². The number of amides is 1. The van der Waals surface area contributed by atoms with E-state index >= 15 is 0 Å². The zero-order chi connectivity index (χ0) is 22.4. The summed E-state index contributed by atoms with van der Waals surface area (Å²) in [5.74, 6) is 0.540. The number of hydrogen-bond donors (Lipinski definition) is 0. The molecule has 0 saturated carbocycles. The molecule has 1 heterocycles. The average molecular weight is 433 g/mol. The van der Waals surface area contributed by atoms with Gasteiger partial charge in [0, 0.05) is 17.9 Å². The second-order valence-electron chi connectivity index (χ2n) is 6.34. The molecule has 1 amide bonds. The van der Waals surface area contributed by atoms with E-state index in [0.717, 1.165) is 0 Å². The molecule has 156 valence electrons. The van der Waals surface area contributed by atoms with Crippen LogP contribution in [-0.2, 0) is 4.79 Å². The SMILES string of the molecule is COc1ccc(N(C(C)=O)c2nc(/C=C(\C#N)C(=O)c3cccc(OC)c3)cs2)cc1. The third-order valence-electron chi connectivity index (χ3n) is 4.34. The summed E-state index contributed by atoms with van der Waals surface area (Å²) < 4.78 is 10.3. The van der Waals surface area contributed by atoms with E-state index in [0.29, 0.717) is 33.6 Å². The zero-order valence-corrected chi connectivity index (χ0v) is 18.0. The summed E-state index contributed by atoms with van der Waals surface area (Å²) in [6.07, 6.45) is 1.41. The molecular formula is C23H19N3O4S. The van der Waals surface area contributed by atoms with Gasteiger partial charge in [0.25, 0.3) is 0 Å². The van der Waals surface area contributed by atoms with Gasteiger partial charge in [-0.1, -0.05) is 12.1 Å². The lowest BCUT2D eigenvalue weighted by atomic mass is 10.0. The molecule has 2 aromatic carbocycles. The van der Waals surface area contributed by atoms with Crippen molar-refractivity contribution < 1.29 is 19.1 Å². The molecule has 3 rings (SSSR count). The van der Waals surface area contributed by atoms with E-state index < -0.39 is 5.78 Å². The molecule has 3 aromatic rings. The maximum Gasteiger partial charge on any atom is 0.230 e. The standard InChI is InChI=1S/C23H19N3O4S/c1-15(27)26(19-7-9-20(29-2)10-8-19)23-25-18(14-31-23)11-17(13-24)22(28)16-5-4-6-21(12-16)30-3/h4-12,14H,1-3H3/b17-11+. The van der Waals surface area contributed by atoms with Gasteiger partial charge in [-0.05, 0) is 42.5 Å². The summed E-state index contributed by atoms with van der Waals surface area (Å²) in [7, 11) is 3.07. The number of ketones is 1. The maximum absolute atomic E-state index is 12.7. The first-order valence-corrected chi connectivity index (χ1v) is 10.1. The van der Waals surface area contributed by atoms with Crippen molar-refractivity contribution >= 4 is 39.9 Å². The fourth-order valence-electron chi connectivity index (χ4n) is 2.82. The summed E-state index contributed by atoms with van der Waals surface area (Å²) in [6, 6.07) is 15.5. The minimum absolute atomic E-state index is 0.0658. The van der Waals surface area contributed by atoms with Gasteiger partial charge in [-0.2, -0.15) is 5.26 Å². The minimum Gasteiger partial charge on any atom is -0.497 e. The van der Waals surface area contributed by atoms with E-state index in [1.165, 1.54) is 36.3 Å².